The lowest BCUT2D eigenvalue weighted by Gasteiger charge is -2.24. The predicted octanol–water partition coefficient (Wildman–Crippen LogP) is 1.95. The van der Waals surface area contributed by atoms with E-state index in [0.717, 1.165) is 11.0 Å². The van der Waals surface area contributed by atoms with E-state index in [-0.39, 0.29) is 12.6 Å². The fourth-order valence-electron chi connectivity index (χ4n) is 2.38. The quantitative estimate of drug-likeness (QED) is 0.809. The number of hydrogen-bond donors (Lipinski definition) is 2. The Morgan fingerprint density at radius 2 is 2.16 bits per heavy atom. The summed E-state index contributed by atoms with van der Waals surface area (Å²) in [5, 5.41) is 9.53. The van der Waals surface area contributed by atoms with Gasteiger partial charge in [-0.2, -0.15) is 0 Å². The molecule has 1 heterocycles. The van der Waals surface area contributed by atoms with Gasteiger partial charge < -0.3 is 20.1 Å². The maximum atomic E-state index is 9.53. The third kappa shape index (κ3) is 2.57. The van der Waals surface area contributed by atoms with Crippen molar-refractivity contribution in [2.45, 2.75) is 26.5 Å². The summed E-state index contributed by atoms with van der Waals surface area (Å²) in [6, 6.07) is 5.77. The highest BCUT2D eigenvalue weighted by Gasteiger charge is 2.21. The van der Waals surface area contributed by atoms with Gasteiger partial charge in [-0.05, 0) is 24.1 Å². The molecule has 0 spiro atoms. The predicted molar refractivity (Wildman–Crippen MR) is 75.8 cm³/mol. The highest BCUT2D eigenvalue weighted by Crippen LogP contribution is 2.27. The fourth-order valence-corrected chi connectivity index (χ4v) is 2.38. The Balaban J connectivity index is 2.61. The molecule has 5 nitrogen and oxygen atoms in total. The molecule has 0 amide bonds. The van der Waals surface area contributed by atoms with Crippen LogP contribution in [0.25, 0.3) is 11.0 Å². The van der Waals surface area contributed by atoms with E-state index < -0.39 is 0 Å². The molecule has 0 radical (unpaired) electrons. The molecule has 3 N–H and O–H groups in total. The average molecular weight is 263 g/mol. The number of nitrogen functional groups attached to an aromatic ring is 1. The lowest BCUT2D eigenvalue weighted by atomic mass is 10.0. The summed E-state index contributed by atoms with van der Waals surface area (Å²) in [5.41, 5.74) is 8.25. The molecule has 5 heteroatoms. The molecule has 19 heavy (non-hydrogen) atoms. The number of aromatic nitrogens is 2. The Bertz CT molecular complexity index is 563. The summed E-state index contributed by atoms with van der Waals surface area (Å²) in [7, 11) is 1.69. The SMILES string of the molecule is COCC(C(C)C)n1c(CO)nc2cc(N)ccc21. The Labute approximate surface area is 113 Å². The Morgan fingerprint density at radius 1 is 1.42 bits per heavy atom. The monoisotopic (exact) mass is 263 g/mol. The normalized spacial score (nSPS) is 13.3. The topological polar surface area (TPSA) is 73.3 Å². The van der Waals surface area contributed by atoms with Crippen LogP contribution in [0.5, 0.6) is 0 Å². The molecule has 104 valence electrons. The van der Waals surface area contributed by atoms with E-state index >= 15 is 0 Å². The molecule has 0 saturated heterocycles. The first-order valence-electron chi connectivity index (χ1n) is 6.44. The number of aliphatic hydroxyl groups excluding tert-OH is 1. The van der Waals surface area contributed by atoms with E-state index in [9.17, 15) is 5.11 Å². The summed E-state index contributed by atoms with van der Waals surface area (Å²) >= 11 is 0. The number of aliphatic hydroxyl groups is 1. The number of nitrogens with zero attached hydrogens (tertiary/aromatic N) is 2. The van der Waals surface area contributed by atoms with Crippen LogP contribution in [0.2, 0.25) is 0 Å². The first-order valence-corrected chi connectivity index (χ1v) is 6.44. The van der Waals surface area contributed by atoms with Gasteiger partial charge in [0.15, 0.2) is 0 Å². The third-order valence-electron chi connectivity index (χ3n) is 3.37. The summed E-state index contributed by atoms with van der Waals surface area (Å²) in [6.45, 7) is 4.75. The van der Waals surface area contributed by atoms with E-state index in [1.807, 2.05) is 18.2 Å². The minimum Gasteiger partial charge on any atom is -0.399 e. The maximum absolute atomic E-state index is 9.53. The van der Waals surface area contributed by atoms with Crippen molar-refractivity contribution < 1.29 is 9.84 Å². The molecule has 0 saturated carbocycles. The Hall–Kier alpha value is -1.59. The van der Waals surface area contributed by atoms with Gasteiger partial charge in [0.2, 0.25) is 0 Å². The number of anilines is 1. The highest BCUT2D eigenvalue weighted by molar-refractivity contribution is 5.79. The number of ether oxygens (including phenoxy) is 1. The molecule has 0 aliphatic rings. The molecule has 0 bridgehead atoms. The summed E-state index contributed by atoms with van der Waals surface area (Å²) in [4.78, 5) is 4.45. The number of imidazole rings is 1. The van der Waals surface area contributed by atoms with Crippen molar-refractivity contribution in [1.29, 1.82) is 0 Å². The standard InChI is InChI=1S/C14H21N3O2/c1-9(2)13(8-19-3)17-12-5-4-10(15)6-11(12)16-14(17)7-18/h4-6,9,13,18H,7-8,15H2,1-3H3. The Morgan fingerprint density at radius 3 is 2.74 bits per heavy atom. The molecule has 1 atom stereocenters. The number of fused-ring (bicyclic) bond motifs is 1. The number of benzene rings is 1. The van der Waals surface area contributed by atoms with Crippen molar-refractivity contribution >= 4 is 16.7 Å². The van der Waals surface area contributed by atoms with Gasteiger partial charge in [0.05, 0.1) is 23.7 Å². The largest absolute Gasteiger partial charge is 0.399 e. The van der Waals surface area contributed by atoms with Crippen LogP contribution in [0.3, 0.4) is 0 Å². The second-order valence-electron chi connectivity index (χ2n) is 5.07. The lowest BCUT2D eigenvalue weighted by Crippen LogP contribution is -2.22. The van der Waals surface area contributed by atoms with Crippen molar-refractivity contribution in [3.63, 3.8) is 0 Å². The molecule has 0 aliphatic carbocycles. The van der Waals surface area contributed by atoms with Crippen molar-refractivity contribution in [3.05, 3.63) is 24.0 Å². The zero-order valence-corrected chi connectivity index (χ0v) is 11.6. The van der Waals surface area contributed by atoms with E-state index in [1.54, 1.807) is 7.11 Å². The van der Waals surface area contributed by atoms with Crippen molar-refractivity contribution in [1.82, 2.24) is 9.55 Å². The second kappa shape index (κ2) is 5.59. The van der Waals surface area contributed by atoms with E-state index in [4.69, 9.17) is 10.5 Å². The van der Waals surface area contributed by atoms with Crippen LogP contribution in [0, 0.1) is 5.92 Å². The van der Waals surface area contributed by atoms with Gasteiger partial charge in [0.25, 0.3) is 0 Å². The zero-order valence-electron chi connectivity index (χ0n) is 11.6. The van der Waals surface area contributed by atoms with Crippen molar-refractivity contribution in [2.24, 2.45) is 5.92 Å². The smallest absolute Gasteiger partial charge is 0.136 e. The van der Waals surface area contributed by atoms with Gasteiger partial charge >= 0.3 is 0 Å². The lowest BCUT2D eigenvalue weighted by molar-refractivity contribution is 0.130. The highest BCUT2D eigenvalue weighted by atomic mass is 16.5. The summed E-state index contributed by atoms with van der Waals surface area (Å²) in [5.74, 6) is 1.02. The van der Waals surface area contributed by atoms with Crippen molar-refractivity contribution in [3.8, 4) is 0 Å². The minimum atomic E-state index is -0.0957. The van der Waals surface area contributed by atoms with Crippen molar-refractivity contribution in [2.75, 3.05) is 19.5 Å². The van der Waals surface area contributed by atoms with Crippen LogP contribution in [0.15, 0.2) is 18.2 Å². The van der Waals surface area contributed by atoms with E-state index in [0.29, 0.717) is 24.0 Å². The van der Waals surface area contributed by atoms with E-state index in [2.05, 4.69) is 23.4 Å². The molecule has 1 aromatic heterocycles. The average Bonchev–Trinajstić information content (AvgIpc) is 2.72. The zero-order chi connectivity index (χ0) is 14.0. The van der Waals surface area contributed by atoms with Gasteiger partial charge in [0, 0.05) is 12.8 Å². The van der Waals surface area contributed by atoms with Gasteiger partial charge in [-0.1, -0.05) is 13.8 Å². The van der Waals surface area contributed by atoms with Crippen LogP contribution in [-0.2, 0) is 11.3 Å². The minimum absolute atomic E-state index is 0.0957. The van der Waals surface area contributed by atoms with Crippen LogP contribution < -0.4 is 5.73 Å². The number of hydrogen-bond acceptors (Lipinski definition) is 4. The molecular formula is C14H21N3O2. The fraction of sp³-hybridized carbons (Fsp3) is 0.500. The first-order chi connectivity index (χ1) is 9.08. The molecule has 0 aliphatic heterocycles. The van der Waals surface area contributed by atoms with Gasteiger partial charge in [-0.25, -0.2) is 4.98 Å². The molecule has 0 fully saturated rings. The van der Waals surface area contributed by atoms with Gasteiger partial charge in [-0.15, -0.1) is 0 Å². The number of methoxy groups -OCH3 is 1. The summed E-state index contributed by atoms with van der Waals surface area (Å²) < 4.78 is 7.36. The van der Waals surface area contributed by atoms with Crippen LogP contribution in [-0.4, -0.2) is 28.4 Å². The third-order valence-corrected chi connectivity index (χ3v) is 3.37. The molecule has 1 unspecified atom stereocenters. The maximum Gasteiger partial charge on any atom is 0.136 e. The molecule has 2 rings (SSSR count). The van der Waals surface area contributed by atoms with Crippen LogP contribution >= 0.6 is 0 Å². The summed E-state index contributed by atoms with van der Waals surface area (Å²) in [6.07, 6.45) is 0. The van der Waals surface area contributed by atoms with Crippen LogP contribution in [0.4, 0.5) is 5.69 Å². The Kier molecular flexibility index (Phi) is 4.07. The van der Waals surface area contributed by atoms with E-state index in [1.165, 1.54) is 0 Å². The first kappa shape index (κ1) is 13.8. The van der Waals surface area contributed by atoms with Crippen LogP contribution in [0.1, 0.15) is 25.7 Å². The van der Waals surface area contributed by atoms with Gasteiger partial charge in [0.1, 0.15) is 12.4 Å². The molecule has 2 aromatic rings. The van der Waals surface area contributed by atoms with Gasteiger partial charge in [-0.3, -0.25) is 0 Å². The second-order valence-corrected chi connectivity index (χ2v) is 5.07. The molecular weight excluding hydrogens is 242 g/mol. The molecule has 1 aromatic carbocycles. The number of rotatable bonds is 5. The number of nitrogens with two attached hydrogens (primary N) is 1.